The number of hydrogen-bond acceptors (Lipinski definition) is 8. The molecular formula is C29H34ClN3O8S2. The number of aliphatic hydroxyl groups is 1. The molecule has 0 spiro atoms. The van der Waals surface area contributed by atoms with Gasteiger partial charge in [0.15, 0.2) is 0 Å². The van der Waals surface area contributed by atoms with Crippen LogP contribution in [0.3, 0.4) is 0 Å². The molecule has 0 fully saturated rings. The Labute approximate surface area is 257 Å². The molecule has 1 heterocycles. The molecular weight excluding hydrogens is 618 g/mol. The standard InChI is InChI=1S/C29H34ClN3O8S2/c1-19-16-33(20(2)18-34)29(35)26-15-22(31-42(36,37)24-12-8-23(40-4)9-13-24)7-14-27(26)41-28(19)17-32(3)43(38,39)25-10-5-21(30)6-11-25/h5-15,19-20,28,31,34H,16-18H2,1-4H3/t19-,20-,28+/m0/s1. The lowest BCUT2D eigenvalue weighted by atomic mass is 9.99. The van der Waals surface area contributed by atoms with E-state index >= 15 is 0 Å². The molecule has 43 heavy (non-hydrogen) atoms. The van der Waals surface area contributed by atoms with Gasteiger partial charge in [0.25, 0.3) is 15.9 Å². The number of anilines is 1. The van der Waals surface area contributed by atoms with Crippen LogP contribution in [0.25, 0.3) is 0 Å². The zero-order chi connectivity index (χ0) is 31.5. The van der Waals surface area contributed by atoms with Crippen LogP contribution < -0.4 is 14.2 Å². The summed E-state index contributed by atoms with van der Waals surface area (Å²) in [5.41, 5.74) is 0.186. The van der Waals surface area contributed by atoms with Gasteiger partial charge in [-0.2, -0.15) is 4.31 Å². The van der Waals surface area contributed by atoms with Crippen molar-refractivity contribution in [2.75, 3.05) is 38.6 Å². The normalized spacial score (nSPS) is 18.3. The van der Waals surface area contributed by atoms with Crippen molar-refractivity contribution in [3.8, 4) is 11.5 Å². The SMILES string of the molecule is COc1ccc(S(=O)(=O)Nc2ccc3c(c2)C(=O)N([C@@H](C)CO)C[C@H](C)[C@@H](CN(C)S(=O)(=O)c2ccc(Cl)cc2)O3)cc1. The van der Waals surface area contributed by atoms with Crippen molar-refractivity contribution in [2.24, 2.45) is 5.92 Å². The number of nitrogens with one attached hydrogen (secondary N) is 1. The first-order valence-electron chi connectivity index (χ1n) is 13.4. The monoisotopic (exact) mass is 651 g/mol. The number of benzene rings is 3. The van der Waals surface area contributed by atoms with Crippen LogP contribution in [0.2, 0.25) is 5.02 Å². The molecule has 3 atom stereocenters. The van der Waals surface area contributed by atoms with Crippen LogP contribution in [0, 0.1) is 5.92 Å². The third-order valence-electron chi connectivity index (χ3n) is 7.25. The van der Waals surface area contributed by atoms with E-state index in [4.69, 9.17) is 21.1 Å². The maximum atomic E-state index is 13.7. The van der Waals surface area contributed by atoms with Gasteiger partial charge >= 0.3 is 0 Å². The number of ether oxygens (including phenoxy) is 2. The van der Waals surface area contributed by atoms with E-state index in [1.807, 2.05) is 6.92 Å². The number of nitrogens with zero attached hydrogens (tertiary/aromatic N) is 2. The molecule has 1 amide bonds. The van der Waals surface area contributed by atoms with Crippen LogP contribution in [0.4, 0.5) is 5.69 Å². The smallest absolute Gasteiger partial charge is 0.261 e. The van der Waals surface area contributed by atoms with Crippen molar-refractivity contribution in [2.45, 2.75) is 35.8 Å². The molecule has 3 aromatic carbocycles. The minimum atomic E-state index is -4.01. The van der Waals surface area contributed by atoms with E-state index < -0.39 is 38.1 Å². The summed E-state index contributed by atoms with van der Waals surface area (Å²) in [5.74, 6) is -0.158. The topological polar surface area (TPSA) is 143 Å². The quantitative estimate of drug-likeness (QED) is 0.338. The molecule has 0 saturated heterocycles. The van der Waals surface area contributed by atoms with Gasteiger partial charge < -0.3 is 19.5 Å². The lowest BCUT2D eigenvalue weighted by Crippen LogP contribution is -2.50. The molecule has 1 aliphatic heterocycles. The summed E-state index contributed by atoms with van der Waals surface area (Å²) in [5, 5.41) is 10.3. The van der Waals surface area contributed by atoms with Crippen LogP contribution in [-0.4, -0.2) is 83.1 Å². The maximum Gasteiger partial charge on any atom is 0.261 e. The van der Waals surface area contributed by atoms with Gasteiger partial charge in [-0.25, -0.2) is 16.8 Å². The van der Waals surface area contributed by atoms with Gasteiger partial charge in [0.1, 0.15) is 17.6 Å². The Kier molecular flexibility index (Phi) is 9.92. The minimum Gasteiger partial charge on any atom is -0.497 e. The highest BCUT2D eigenvalue weighted by Gasteiger charge is 2.35. The van der Waals surface area contributed by atoms with Crippen molar-refractivity contribution in [1.29, 1.82) is 0 Å². The lowest BCUT2D eigenvalue weighted by Gasteiger charge is -2.38. The van der Waals surface area contributed by atoms with Crippen LogP contribution >= 0.6 is 11.6 Å². The number of methoxy groups -OCH3 is 1. The van der Waals surface area contributed by atoms with Gasteiger partial charge in [0, 0.05) is 30.2 Å². The Balaban J connectivity index is 1.67. The summed E-state index contributed by atoms with van der Waals surface area (Å²) in [6.07, 6.45) is -0.700. The predicted octanol–water partition coefficient (Wildman–Crippen LogP) is 3.69. The average molecular weight is 652 g/mol. The van der Waals surface area contributed by atoms with Crippen molar-refractivity contribution in [1.82, 2.24) is 9.21 Å². The largest absolute Gasteiger partial charge is 0.497 e. The van der Waals surface area contributed by atoms with E-state index in [0.29, 0.717) is 10.8 Å². The molecule has 0 radical (unpaired) electrons. The molecule has 0 aromatic heterocycles. The van der Waals surface area contributed by atoms with E-state index in [0.717, 1.165) is 0 Å². The number of fused-ring (bicyclic) bond motifs is 1. The molecule has 0 unspecified atom stereocenters. The molecule has 2 N–H and O–H groups in total. The number of carbonyl (C=O) groups excluding carboxylic acids is 1. The third-order valence-corrected chi connectivity index (χ3v) is 10.7. The van der Waals surface area contributed by atoms with E-state index in [1.54, 1.807) is 6.92 Å². The first kappa shape index (κ1) is 32.6. The molecule has 0 bridgehead atoms. The number of halogens is 1. The van der Waals surface area contributed by atoms with Gasteiger partial charge in [-0.05, 0) is 73.7 Å². The molecule has 3 aromatic rings. The fourth-order valence-corrected chi connectivity index (χ4v) is 6.97. The molecule has 232 valence electrons. The zero-order valence-electron chi connectivity index (χ0n) is 24.1. The first-order chi connectivity index (χ1) is 20.3. The highest BCUT2D eigenvalue weighted by Crippen LogP contribution is 2.32. The van der Waals surface area contributed by atoms with Gasteiger partial charge in [-0.1, -0.05) is 18.5 Å². The predicted molar refractivity (Wildman–Crippen MR) is 163 cm³/mol. The Bertz CT molecular complexity index is 1670. The Morgan fingerprint density at radius 3 is 2.30 bits per heavy atom. The van der Waals surface area contributed by atoms with E-state index in [1.165, 1.54) is 90.1 Å². The summed E-state index contributed by atoms with van der Waals surface area (Å²) in [6, 6.07) is 15.4. The maximum absolute atomic E-state index is 13.7. The molecule has 0 saturated carbocycles. The molecule has 0 aliphatic carbocycles. The van der Waals surface area contributed by atoms with Crippen LogP contribution in [0.15, 0.2) is 76.5 Å². The zero-order valence-corrected chi connectivity index (χ0v) is 26.5. The second kappa shape index (κ2) is 13.1. The third kappa shape index (κ3) is 7.24. The van der Waals surface area contributed by atoms with E-state index in [9.17, 15) is 26.7 Å². The van der Waals surface area contributed by atoms with E-state index in [-0.39, 0.29) is 52.4 Å². The van der Waals surface area contributed by atoms with Gasteiger partial charge in [0.05, 0.1) is 41.7 Å². The van der Waals surface area contributed by atoms with Crippen LogP contribution in [0.5, 0.6) is 11.5 Å². The molecule has 4 rings (SSSR count). The number of carbonyl (C=O) groups is 1. The Morgan fingerprint density at radius 2 is 1.70 bits per heavy atom. The van der Waals surface area contributed by atoms with Crippen LogP contribution in [0.1, 0.15) is 24.2 Å². The fourth-order valence-electron chi connectivity index (χ4n) is 4.61. The molecule has 11 nitrogen and oxygen atoms in total. The molecule has 14 heteroatoms. The highest BCUT2D eigenvalue weighted by molar-refractivity contribution is 7.92. The van der Waals surface area contributed by atoms with Crippen LogP contribution in [-0.2, 0) is 20.0 Å². The average Bonchev–Trinajstić information content (AvgIpc) is 2.98. The fraction of sp³-hybridized carbons (Fsp3) is 0.345. The summed E-state index contributed by atoms with van der Waals surface area (Å²) in [7, 11) is -4.98. The summed E-state index contributed by atoms with van der Waals surface area (Å²) in [4.78, 5) is 15.3. The summed E-state index contributed by atoms with van der Waals surface area (Å²) >= 11 is 5.93. The summed E-state index contributed by atoms with van der Waals surface area (Å²) < 4.78 is 67.7. The highest BCUT2D eigenvalue weighted by atomic mass is 35.5. The Morgan fingerprint density at radius 1 is 1.07 bits per heavy atom. The number of aliphatic hydroxyl groups excluding tert-OH is 1. The number of hydrogen-bond donors (Lipinski definition) is 2. The van der Waals surface area contributed by atoms with Gasteiger partial charge in [-0.3, -0.25) is 9.52 Å². The van der Waals surface area contributed by atoms with Crippen molar-refractivity contribution < 1.29 is 36.2 Å². The van der Waals surface area contributed by atoms with E-state index in [2.05, 4.69) is 4.72 Å². The molecule has 1 aliphatic rings. The van der Waals surface area contributed by atoms with Crippen molar-refractivity contribution in [3.63, 3.8) is 0 Å². The van der Waals surface area contributed by atoms with Gasteiger partial charge in [0.2, 0.25) is 10.0 Å². The van der Waals surface area contributed by atoms with Crippen molar-refractivity contribution >= 4 is 43.2 Å². The second-order valence-corrected chi connectivity index (χ2v) is 14.5. The number of sulfonamides is 2. The number of likely N-dealkylation sites (N-methyl/N-ethyl adjacent to an activating group) is 1. The number of rotatable bonds is 10. The lowest BCUT2D eigenvalue weighted by molar-refractivity contribution is 0.0387. The first-order valence-corrected chi connectivity index (χ1v) is 16.7. The van der Waals surface area contributed by atoms with Gasteiger partial charge in [-0.15, -0.1) is 0 Å². The minimum absolute atomic E-state index is 0.00280. The Hall–Kier alpha value is -3.36. The number of amides is 1. The van der Waals surface area contributed by atoms with Crippen molar-refractivity contribution in [3.05, 3.63) is 77.3 Å². The summed E-state index contributed by atoms with van der Waals surface area (Å²) in [6.45, 7) is 3.32. The second-order valence-electron chi connectivity index (χ2n) is 10.4.